The van der Waals surface area contributed by atoms with E-state index in [-0.39, 0.29) is 0 Å². The molecule has 2 aromatic rings. The third-order valence-electron chi connectivity index (χ3n) is 3.15. The van der Waals surface area contributed by atoms with Crippen LogP contribution in [0.4, 0.5) is 0 Å². The normalized spacial score (nSPS) is 12.1. The second-order valence-corrected chi connectivity index (χ2v) is 4.52. The van der Waals surface area contributed by atoms with Crippen molar-refractivity contribution in [3.63, 3.8) is 0 Å². The van der Waals surface area contributed by atoms with Crippen molar-refractivity contribution in [3.05, 3.63) is 59.9 Å². The average Bonchev–Trinajstić information content (AvgIpc) is 2.48. The van der Waals surface area contributed by atoms with Crippen molar-refractivity contribution in [2.24, 2.45) is 0 Å². The Hall–Kier alpha value is -1.87. The van der Waals surface area contributed by atoms with Gasteiger partial charge in [0.05, 0.1) is 7.11 Å². The Balaban J connectivity index is 1.85. The van der Waals surface area contributed by atoms with Gasteiger partial charge in [-0.1, -0.05) is 18.2 Å². The molecule has 1 heterocycles. The molecule has 0 aliphatic carbocycles. The number of hydrogen-bond donors (Lipinski definition) is 1. The maximum absolute atomic E-state index is 5.24. The van der Waals surface area contributed by atoms with E-state index in [2.05, 4.69) is 35.4 Å². The number of methoxy groups -OCH3 is 1. The van der Waals surface area contributed by atoms with Gasteiger partial charge in [0, 0.05) is 30.9 Å². The second kappa shape index (κ2) is 6.90. The summed E-state index contributed by atoms with van der Waals surface area (Å²) in [6.07, 6.45) is 2.77. The van der Waals surface area contributed by atoms with Gasteiger partial charge in [0.1, 0.15) is 5.75 Å². The van der Waals surface area contributed by atoms with Crippen molar-refractivity contribution < 1.29 is 4.74 Å². The van der Waals surface area contributed by atoms with Crippen LogP contribution in [-0.4, -0.2) is 18.6 Å². The van der Waals surface area contributed by atoms with E-state index < -0.39 is 0 Å². The third-order valence-corrected chi connectivity index (χ3v) is 3.15. The molecule has 1 atom stereocenters. The third kappa shape index (κ3) is 4.07. The van der Waals surface area contributed by atoms with Gasteiger partial charge < -0.3 is 10.1 Å². The number of hydrogen-bond acceptors (Lipinski definition) is 3. The molecule has 1 aromatic heterocycles. The summed E-state index contributed by atoms with van der Waals surface area (Å²) >= 11 is 0. The van der Waals surface area contributed by atoms with Gasteiger partial charge in [0.15, 0.2) is 0 Å². The topological polar surface area (TPSA) is 34.1 Å². The van der Waals surface area contributed by atoms with Gasteiger partial charge in [-0.2, -0.15) is 0 Å². The van der Waals surface area contributed by atoms with Crippen molar-refractivity contribution in [1.29, 1.82) is 0 Å². The van der Waals surface area contributed by atoms with Gasteiger partial charge in [-0.25, -0.2) is 0 Å². The van der Waals surface area contributed by atoms with E-state index >= 15 is 0 Å². The van der Waals surface area contributed by atoms with Crippen LogP contribution in [0.15, 0.2) is 48.7 Å². The van der Waals surface area contributed by atoms with Crippen LogP contribution in [0, 0.1) is 0 Å². The molecule has 1 N–H and O–H groups in total. The van der Waals surface area contributed by atoms with E-state index in [1.807, 2.05) is 30.5 Å². The van der Waals surface area contributed by atoms with E-state index in [1.54, 1.807) is 7.11 Å². The summed E-state index contributed by atoms with van der Waals surface area (Å²) in [6.45, 7) is 3.07. The van der Waals surface area contributed by atoms with Crippen LogP contribution in [0.1, 0.15) is 24.2 Å². The summed E-state index contributed by atoms with van der Waals surface area (Å²) in [5.41, 5.74) is 2.35. The first-order chi connectivity index (χ1) is 9.29. The second-order valence-electron chi connectivity index (χ2n) is 4.52. The van der Waals surface area contributed by atoms with Crippen LogP contribution in [0.2, 0.25) is 0 Å². The highest BCUT2D eigenvalue weighted by atomic mass is 16.5. The standard InChI is InChI=1S/C16H20N2O/c1-13(14-6-5-8-16(12-14)19-2)17-11-9-15-7-3-4-10-18-15/h3-8,10,12-13,17H,9,11H2,1-2H3. The summed E-state index contributed by atoms with van der Waals surface area (Å²) < 4.78 is 5.24. The van der Waals surface area contributed by atoms with Crippen LogP contribution in [-0.2, 0) is 6.42 Å². The first-order valence-corrected chi connectivity index (χ1v) is 6.57. The molecule has 3 nitrogen and oxygen atoms in total. The van der Waals surface area contributed by atoms with Crippen LogP contribution in [0.5, 0.6) is 5.75 Å². The molecule has 0 saturated heterocycles. The Morgan fingerprint density at radius 2 is 2.11 bits per heavy atom. The summed E-state index contributed by atoms with van der Waals surface area (Å²) in [6, 6.07) is 14.5. The molecule has 3 heteroatoms. The first-order valence-electron chi connectivity index (χ1n) is 6.57. The van der Waals surface area contributed by atoms with Gasteiger partial charge in [-0.3, -0.25) is 4.98 Å². The SMILES string of the molecule is COc1cccc(C(C)NCCc2ccccn2)c1. The minimum absolute atomic E-state index is 0.304. The quantitative estimate of drug-likeness (QED) is 0.862. The monoisotopic (exact) mass is 256 g/mol. The maximum atomic E-state index is 5.24. The minimum atomic E-state index is 0.304. The summed E-state index contributed by atoms with van der Waals surface area (Å²) in [5, 5.41) is 3.50. The minimum Gasteiger partial charge on any atom is -0.497 e. The zero-order chi connectivity index (χ0) is 13.5. The van der Waals surface area contributed by atoms with Crippen molar-refractivity contribution in [2.75, 3.05) is 13.7 Å². The number of benzene rings is 1. The summed E-state index contributed by atoms with van der Waals surface area (Å²) in [4.78, 5) is 4.32. The molecule has 0 fully saturated rings. The molecule has 0 aliphatic heterocycles. The molecular formula is C16H20N2O. The van der Waals surface area contributed by atoms with E-state index in [4.69, 9.17) is 4.74 Å². The van der Waals surface area contributed by atoms with Crippen LogP contribution in [0.3, 0.4) is 0 Å². The molecule has 2 rings (SSSR count). The van der Waals surface area contributed by atoms with Gasteiger partial charge in [0.2, 0.25) is 0 Å². The van der Waals surface area contributed by atoms with Crippen LogP contribution in [0.25, 0.3) is 0 Å². The molecule has 0 saturated carbocycles. The number of rotatable bonds is 6. The molecule has 100 valence electrons. The Morgan fingerprint density at radius 1 is 1.21 bits per heavy atom. The van der Waals surface area contributed by atoms with E-state index in [9.17, 15) is 0 Å². The molecule has 0 aliphatic rings. The summed E-state index contributed by atoms with van der Waals surface area (Å²) in [5.74, 6) is 0.899. The number of pyridine rings is 1. The zero-order valence-electron chi connectivity index (χ0n) is 11.5. The molecule has 1 aromatic carbocycles. The van der Waals surface area contributed by atoms with Crippen LogP contribution < -0.4 is 10.1 Å². The highest BCUT2D eigenvalue weighted by molar-refractivity contribution is 5.30. The van der Waals surface area contributed by atoms with Crippen LogP contribution >= 0.6 is 0 Å². The lowest BCUT2D eigenvalue weighted by molar-refractivity contribution is 0.413. The van der Waals surface area contributed by atoms with E-state index in [0.29, 0.717) is 6.04 Å². The number of nitrogens with one attached hydrogen (secondary N) is 1. The number of nitrogens with zero attached hydrogens (tertiary/aromatic N) is 1. The van der Waals surface area contributed by atoms with Gasteiger partial charge in [-0.15, -0.1) is 0 Å². The lowest BCUT2D eigenvalue weighted by atomic mass is 10.1. The Kier molecular flexibility index (Phi) is 4.93. The van der Waals surface area contributed by atoms with Crippen molar-refractivity contribution in [2.45, 2.75) is 19.4 Å². The fraction of sp³-hybridized carbons (Fsp3) is 0.312. The molecule has 0 amide bonds. The smallest absolute Gasteiger partial charge is 0.119 e. The highest BCUT2D eigenvalue weighted by Gasteiger charge is 2.05. The zero-order valence-corrected chi connectivity index (χ0v) is 11.5. The predicted octanol–water partition coefficient (Wildman–Crippen LogP) is 2.98. The van der Waals surface area contributed by atoms with Crippen molar-refractivity contribution in [1.82, 2.24) is 10.3 Å². The molecule has 0 spiro atoms. The van der Waals surface area contributed by atoms with Crippen molar-refractivity contribution in [3.8, 4) is 5.75 Å². The molecule has 0 bridgehead atoms. The fourth-order valence-electron chi connectivity index (χ4n) is 1.99. The number of aromatic nitrogens is 1. The lowest BCUT2D eigenvalue weighted by Gasteiger charge is -2.15. The molecular weight excluding hydrogens is 236 g/mol. The molecule has 0 radical (unpaired) electrons. The fourth-order valence-corrected chi connectivity index (χ4v) is 1.99. The number of ether oxygens (including phenoxy) is 1. The van der Waals surface area contributed by atoms with Gasteiger partial charge in [0.25, 0.3) is 0 Å². The van der Waals surface area contributed by atoms with E-state index in [0.717, 1.165) is 24.4 Å². The van der Waals surface area contributed by atoms with E-state index in [1.165, 1.54) is 5.56 Å². The Labute approximate surface area is 114 Å². The Morgan fingerprint density at radius 3 is 2.84 bits per heavy atom. The van der Waals surface area contributed by atoms with Crippen molar-refractivity contribution >= 4 is 0 Å². The Bertz CT molecular complexity index is 499. The highest BCUT2D eigenvalue weighted by Crippen LogP contribution is 2.18. The first kappa shape index (κ1) is 13.6. The maximum Gasteiger partial charge on any atom is 0.119 e. The molecule has 1 unspecified atom stereocenters. The molecule has 19 heavy (non-hydrogen) atoms. The average molecular weight is 256 g/mol. The largest absolute Gasteiger partial charge is 0.497 e. The summed E-state index contributed by atoms with van der Waals surface area (Å²) in [7, 11) is 1.69. The van der Waals surface area contributed by atoms with Gasteiger partial charge >= 0.3 is 0 Å². The predicted molar refractivity (Wildman–Crippen MR) is 77.4 cm³/mol. The lowest BCUT2D eigenvalue weighted by Crippen LogP contribution is -2.21. The van der Waals surface area contributed by atoms with Gasteiger partial charge in [-0.05, 0) is 36.8 Å².